The molecule has 1 aliphatic rings. The van der Waals surface area contributed by atoms with Gasteiger partial charge in [0, 0.05) is 6.04 Å². The van der Waals surface area contributed by atoms with Gasteiger partial charge in [-0.05, 0) is 64.7 Å². The third-order valence-corrected chi connectivity index (χ3v) is 3.50. The van der Waals surface area contributed by atoms with Gasteiger partial charge in [-0.3, -0.25) is 0 Å². The quantitative estimate of drug-likeness (QED) is 0.728. The molecule has 0 aromatic heterocycles. The van der Waals surface area contributed by atoms with E-state index in [-0.39, 0.29) is 0 Å². The summed E-state index contributed by atoms with van der Waals surface area (Å²) in [5.74, 6) is 0.955. The average Bonchev–Trinajstić information content (AvgIpc) is 2.25. The maximum atomic E-state index is 3.55. The number of nitrogens with zero attached hydrogens (tertiary/aromatic N) is 1. The lowest BCUT2D eigenvalue weighted by Gasteiger charge is -2.31. The molecule has 0 saturated carbocycles. The molecule has 2 heteroatoms. The minimum atomic E-state index is 0.685. The van der Waals surface area contributed by atoms with Gasteiger partial charge in [0.05, 0.1) is 0 Å². The lowest BCUT2D eigenvalue weighted by atomic mass is 9.99. The monoisotopic (exact) mass is 212 g/mol. The van der Waals surface area contributed by atoms with E-state index in [1.165, 1.54) is 45.3 Å². The van der Waals surface area contributed by atoms with Crippen LogP contribution < -0.4 is 5.32 Å². The van der Waals surface area contributed by atoms with Gasteiger partial charge in [-0.25, -0.2) is 0 Å². The lowest BCUT2D eigenvalue weighted by molar-refractivity contribution is 0.185. The Kier molecular flexibility index (Phi) is 6.26. The van der Waals surface area contributed by atoms with Gasteiger partial charge in [0.15, 0.2) is 0 Å². The summed E-state index contributed by atoms with van der Waals surface area (Å²) in [6.07, 6.45) is 5.34. The highest BCUT2D eigenvalue weighted by Crippen LogP contribution is 2.16. The van der Waals surface area contributed by atoms with E-state index in [1.54, 1.807) is 0 Å². The molecule has 0 bridgehead atoms. The van der Waals surface area contributed by atoms with Crippen molar-refractivity contribution in [1.82, 2.24) is 10.2 Å². The Labute approximate surface area is 95.4 Å². The van der Waals surface area contributed by atoms with E-state index in [4.69, 9.17) is 0 Å². The summed E-state index contributed by atoms with van der Waals surface area (Å²) in [5.41, 5.74) is 0. The third kappa shape index (κ3) is 5.53. The maximum absolute atomic E-state index is 3.55. The molecule has 0 spiro atoms. The average molecular weight is 212 g/mol. The summed E-state index contributed by atoms with van der Waals surface area (Å²) in [7, 11) is 0. The maximum Gasteiger partial charge on any atom is 0.00508 e. The standard InChI is InChI=1S/C13H28N2/c1-4-8-14-13(3)7-11-15-9-5-12(2)6-10-15/h12-14H,4-11H2,1-3H3. The number of piperidine rings is 1. The van der Waals surface area contributed by atoms with E-state index >= 15 is 0 Å². The van der Waals surface area contributed by atoms with E-state index in [1.807, 2.05) is 0 Å². The van der Waals surface area contributed by atoms with Gasteiger partial charge in [0.25, 0.3) is 0 Å². The molecule has 1 saturated heterocycles. The number of hydrogen-bond donors (Lipinski definition) is 1. The second-order valence-corrected chi connectivity index (χ2v) is 5.17. The zero-order valence-electron chi connectivity index (χ0n) is 10.8. The van der Waals surface area contributed by atoms with Crippen LogP contribution in [0, 0.1) is 5.92 Å². The zero-order valence-corrected chi connectivity index (χ0v) is 10.8. The van der Waals surface area contributed by atoms with Crippen molar-refractivity contribution in [3.8, 4) is 0 Å². The zero-order chi connectivity index (χ0) is 11.1. The Morgan fingerprint density at radius 1 is 1.33 bits per heavy atom. The molecule has 0 aliphatic carbocycles. The molecule has 1 unspecified atom stereocenters. The Morgan fingerprint density at radius 3 is 2.60 bits per heavy atom. The van der Waals surface area contributed by atoms with Crippen molar-refractivity contribution < 1.29 is 0 Å². The molecule has 2 nitrogen and oxygen atoms in total. The first-order valence-corrected chi connectivity index (χ1v) is 6.68. The molecule has 1 fully saturated rings. The van der Waals surface area contributed by atoms with Crippen molar-refractivity contribution in [1.29, 1.82) is 0 Å². The molecule has 0 amide bonds. The molecular weight excluding hydrogens is 184 g/mol. The molecule has 1 atom stereocenters. The first-order chi connectivity index (χ1) is 7.22. The Morgan fingerprint density at radius 2 is 2.00 bits per heavy atom. The van der Waals surface area contributed by atoms with E-state index in [0.717, 1.165) is 12.5 Å². The van der Waals surface area contributed by atoms with E-state index in [9.17, 15) is 0 Å². The highest BCUT2D eigenvalue weighted by Gasteiger charge is 2.15. The number of hydrogen-bond acceptors (Lipinski definition) is 2. The molecule has 1 heterocycles. The van der Waals surface area contributed by atoms with Crippen LogP contribution in [-0.2, 0) is 0 Å². The van der Waals surface area contributed by atoms with E-state index in [0.29, 0.717) is 6.04 Å². The van der Waals surface area contributed by atoms with Crippen molar-refractivity contribution in [2.75, 3.05) is 26.2 Å². The molecule has 0 aromatic carbocycles. The molecule has 1 N–H and O–H groups in total. The molecule has 15 heavy (non-hydrogen) atoms. The first-order valence-electron chi connectivity index (χ1n) is 6.68. The van der Waals surface area contributed by atoms with Crippen LogP contribution in [0.1, 0.15) is 46.5 Å². The fraction of sp³-hybridized carbons (Fsp3) is 1.00. The second-order valence-electron chi connectivity index (χ2n) is 5.17. The van der Waals surface area contributed by atoms with Gasteiger partial charge < -0.3 is 10.2 Å². The van der Waals surface area contributed by atoms with Crippen molar-refractivity contribution in [2.24, 2.45) is 5.92 Å². The van der Waals surface area contributed by atoms with Gasteiger partial charge >= 0.3 is 0 Å². The summed E-state index contributed by atoms with van der Waals surface area (Å²) in [6.45, 7) is 12.0. The first kappa shape index (κ1) is 13.0. The minimum absolute atomic E-state index is 0.685. The Balaban J connectivity index is 2.04. The summed E-state index contributed by atoms with van der Waals surface area (Å²) in [4.78, 5) is 2.63. The van der Waals surface area contributed by atoms with Crippen LogP contribution in [-0.4, -0.2) is 37.1 Å². The summed E-state index contributed by atoms with van der Waals surface area (Å²) < 4.78 is 0. The molecular formula is C13H28N2. The summed E-state index contributed by atoms with van der Waals surface area (Å²) in [6, 6.07) is 0.685. The Bertz CT molecular complexity index is 151. The SMILES string of the molecule is CCCNC(C)CCN1CCC(C)CC1. The fourth-order valence-electron chi connectivity index (χ4n) is 2.15. The van der Waals surface area contributed by atoms with Crippen LogP contribution in [0.15, 0.2) is 0 Å². The van der Waals surface area contributed by atoms with Crippen molar-refractivity contribution in [2.45, 2.75) is 52.5 Å². The predicted molar refractivity (Wildman–Crippen MR) is 67.2 cm³/mol. The Hall–Kier alpha value is -0.0800. The van der Waals surface area contributed by atoms with Crippen LogP contribution in [0.2, 0.25) is 0 Å². The summed E-state index contributed by atoms with van der Waals surface area (Å²) >= 11 is 0. The third-order valence-electron chi connectivity index (χ3n) is 3.50. The van der Waals surface area contributed by atoms with Gasteiger partial charge in [-0.15, -0.1) is 0 Å². The van der Waals surface area contributed by atoms with Crippen LogP contribution in [0.25, 0.3) is 0 Å². The van der Waals surface area contributed by atoms with Gasteiger partial charge in [-0.1, -0.05) is 13.8 Å². The van der Waals surface area contributed by atoms with Gasteiger partial charge in [0.1, 0.15) is 0 Å². The van der Waals surface area contributed by atoms with Crippen molar-refractivity contribution in [3.05, 3.63) is 0 Å². The van der Waals surface area contributed by atoms with Gasteiger partial charge in [0.2, 0.25) is 0 Å². The smallest absolute Gasteiger partial charge is 0.00508 e. The van der Waals surface area contributed by atoms with Crippen LogP contribution in [0.5, 0.6) is 0 Å². The molecule has 1 rings (SSSR count). The fourth-order valence-corrected chi connectivity index (χ4v) is 2.15. The van der Waals surface area contributed by atoms with E-state index in [2.05, 4.69) is 31.0 Å². The molecule has 0 aromatic rings. The van der Waals surface area contributed by atoms with Gasteiger partial charge in [-0.2, -0.15) is 0 Å². The van der Waals surface area contributed by atoms with Crippen LogP contribution in [0.4, 0.5) is 0 Å². The molecule has 1 aliphatic heterocycles. The van der Waals surface area contributed by atoms with Crippen LogP contribution >= 0.6 is 0 Å². The highest BCUT2D eigenvalue weighted by atomic mass is 15.1. The number of nitrogens with one attached hydrogen (secondary N) is 1. The minimum Gasteiger partial charge on any atom is -0.314 e. The van der Waals surface area contributed by atoms with Crippen molar-refractivity contribution in [3.63, 3.8) is 0 Å². The lowest BCUT2D eigenvalue weighted by Crippen LogP contribution is -2.37. The molecule has 90 valence electrons. The number of likely N-dealkylation sites (tertiary alicyclic amines) is 1. The topological polar surface area (TPSA) is 15.3 Å². The van der Waals surface area contributed by atoms with E-state index < -0.39 is 0 Å². The number of rotatable bonds is 6. The second kappa shape index (κ2) is 7.24. The largest absolute Gasteiger partial charge is 0.314 e. The van der Waals surface area contributed by atoms with Crippen molar-refractivity contribution >= 4 is 0 Å². The summed E-state index contributed by atoms with van der Waals surface area (Å²) in [5, 5.41) is 3.55. The normalized spacial score (nSPS) is 21.8. The van der Waals surface area contributed by atoms with Crippen LogP contribution in [0.3, 0.4) is 0 Å². The molecule has 0 radical (unpaired) electrons. The predicted octanol–water partition coefficient (Wildman–Crippen LogP) is 2.50. The highest BCUT2D eigenvalue weighted by molar-refractivity contribution is 4.71.